The minimum atomic E-state index is -0.316. The van der Waals surface area contributed by atoms with Crippen molar-refractivity contribution < 1.29 is 10.2 Å². The van der Waals surface area contributed by atoms with Gasteiger partial charge in [0.15, 0.2) is 11.5 Å². The number of hydrogen-bond acceptors (Lipinski definition) is 3. The van der Waals surface area contributed by atoms with Gasteiger partial charge in [-0.1, -0.05) is 25.3 Å². The molecule has 0 heterocycles. The first-order valence-corrected chi connectivity index (χ1v) is 5.43. The average Bonchev–Trinajstić information content (AvgIpc) is 2.23. The van der Waals surface area contributed by atoms with Crippen LogP contribution in [0.4, 0.5) is 0 Å². The zero-order valence-corrected chi connectivity index (χ0v) is 8.74. The second kappa shape index (κ2) is 3.74. The van der Waals surface area contributed by atoms with Crippen LogP contribution in [0, 0.1) is 0 Å². The lowest BCUT2D eigenvalue weighted by molar-refractivity contribution is 0.300. The quantitative estimate of drug-likeness (QED) is 0.618. The summed E-state index contributed by atoms with van der Waals surface area (Å²) in [7, 11) is 0. The summed E-state index contributed by atoms with van der Waals surface area (Å²) in [5.74, 6) is -0.166. The summed E-state index contributed by atoms with van der Waals surface area (Å²) in [6.45, 7) is 0. The molecule has 0 aliphatic heterocycles. The maximum Gasteiger partial charge on any atom is 0.157 e. The highest BCUT2D eigenvalue weighted by Gasteiger charge is 2.29. The lowest BCUT2D eigenvalue weighted by Crippen LogP contribution is -2.38. The Morgan fingerprint density at radius 3 is 2.27 bits per heavy atom. The summed E-state index contributed by atoms with van der Waals surface area (Å²) in [5, 5.41) is 18.7. The molecular weight excluding hydrogens is 190 g/mol. The van der Waals surface area contributed by atoms with E-state index in [1.165, 1.54) is 12.5 Å². The number of aromatic hydroxyl groups is 2. The van der Waals surface area contributed by atoms with Crippen LogP contribution in [0.1, 0.15) is 37.7 Å². The van der Waals surface area contributed by atoms with Gasteiger partial charge in [0.25, 0.3) is 0 Å². The van der Waals surface area contributed by atoms with E-state index in [1.54, 1.807) is 12.1 Å². The van der Waals surface area contributed by atoms with Crippen LogP contribution in [0.3, 0.4) is 0 Å². The SMILES string of the molecule is NC1(c2ccc(O)c(O)c2)CCCCC1. The van der Waals surface area contributed by atoms with E-state index in [1.807, 2.05) is 0 Å². The molecule has 0 bridgehead atoms. The summed E-state index contributed by atoms with van der Waals surface area (Å²) in [6.07, 6.45) is 5.42. The third-order valence-corrected chi connectivity index (χ3v) is 3.30. The fraction of sp³-hybridized carbons (Fsp3) is 0.500. The molecule has 1 fully saturated rings. The van der Waals surface area contributed by atoms with Gasteiger partial charge in [-0.15, -0.1) is 0 Å². The first-order valence-electron chi connectivity index (χ1n) is 5.43. The predicted octanol–water partition coefficient (Wildman–Crippen LogP) is 2.22. The second-order valence-electron chi connectivity index (χ2n) is 4.42. The van der Waals surface area contributed by atoms with Crippen LogP contribution >= 0.6 is 0 Å². The Balaban J connectivity index is 2.31. The Labute approximate surface area is 89.5 Å². The summed E-state index contributed by atoms with van der Waals surface area (Å²) in [6, 6.07) is 4.90. The van der Waals surface area contributed by atoms with Gasteiger partial charge in [0, 0.05) is 5.54 Å². The van der Waals surface area contributed by atoms with Crippen molar-refractivity contribution in [2.45, 2.75) is 37.6 Å². The molecule has 0 atom stereocenters. The molecule has 4 N–H and O–H groups in total. The molecule has 1 saturated carbocycles. The molecular formula is C12H17NO2. The second-order valence-corrected chi connectivity index (χ2v) is 4.42. The van der Waals surface area contributed by atoms with Crippen LogP contribution in [-0.4, -0.2) is 10.2 Å². The summed E-state index contributed by atoms with van der Waals surface area (Å²) in [5.41, 5.74) is 6.92. The van der Waals surface area contributed by atoms with Gasteiger partial charge in [0.2, 0.25) is 0 Å². The number of phenolic OH excluding ortho intramolecular Hbond substituents is 2. The van der Waals surface area contributed by atoms with Crippen molar-refractivity contribution in [1.29, 1.82) is 0 Å². The molecule has 82 valence electrons. The van der Waals surface area contributed by atoms with Gasteiger partial charge in [0.05, 0.1) is 0 Å². The number of phenols is 2. The van der Waals surface area contributed by atoms with Crippen LogP contribution in [0.5, 0.6) is 11.5 Å². The Hall–Kier alpha value is -1.22. The third kappa shape index (κ3) is 1.92. The lowest BCUT2D eigenvalue weighted by Gasteiger charge is -2.34. The Morgan fingerprint density at radius 1 is 1.00 bits per heavy atom. The number of nitrogens with two attached hydrogens (primary N) is 1. The molecule has 0 aromatic heterocycles. The first kappa shape index (κ1) is 10.3. The standard InChI is InChI=1S/C12H17NO2/c13-12(6-2-1-3-7-12)9-4-5-10(14)11(15)8-9/h4-5,8,14-15H,1-3,6-7,13H2. The molecule has 0 radical (unpaired) electrons. The molecule has 0 unspecified atom stereocenters. The van der Waals surface area contributed by atoms with Crippen molar-refractivity contribution >= 4 is 0 Å². The highest BCUT2D eigenvalue weighted by Crippen LogP contribution is 2.37. The van der Waals surface area contributed by atoms with Gasteiger partial charge in [-0.3, -0.25) is 0 Å². The fourth-order valence-electron chi connectivity index (χ4n) is 2.30. The molecule has 3 nitrogen and oxygen atoms in total. The van der Waals surface area contributed by atoms with E-state index in [-0.39, 0.29) is 17.0 Å². The minimum absolute atomic E-state index is 0.0806. The number of hydrogen-bond donors (Lipinski definition) is 3. The Morgan fingerprint density at radius 2 is 1.67 bits per heavy atom. The van der Waals surface area contributed by atoms with Crippen LogP contribution in [0.25, 0.3) is 0 Å². The molecule has 1 aromatic rings. The molecule has 2 rings (SSSR count). The minimum Gasteiger partial charge on any atom is -0.504 e. The molecule has 3 heteroatoms. The molecule has 0 amide bonds. The highest BCUT2D eigenvalue weighted by atomic mass is 16.3. The van der Waals surface area contributed by atoms with E-state index in [0.29, 0.717) is 0 Å². The van der Waals surface area contributed by atoms with Gasteiger partial charge in [-0.25, -0.2) is 0 Å². The smallest absolute Gasteiger partial charge is 0.157 e. The van der Waals surface area contributed by atoms with Crippen molar-refractivity contribution in [3.63, 3.8) is 0 Å². The summed E-state index contributed by atoms with van der Waals surface area (Å²) >= 11 is 0. The van der Waals surface area contributed by atoms with E-state index in [9.17, 15) is 10.2 Å². The normalized spacial score (nSPS) is 20.1. The van der Waals surface area contributed by atoms with Crippen molar-refractivity contribution in [1.82, 2.24) is 0 Å². The third-order valence-electron chi connectivity index (χ3n) is 3.30. The van der Waals surface area contributed by atoms with Gasteiger partial charge < -0.3 is 15.9 Å². The van der Waals surface area contributed by atoms with Crippen LogP contribution in [-0.2, 0) is 5.54 Å². The Bertz CT molecular complexity index is 357. The van der Waals surface area contributed by atoms with Gasteiger partial charge in [-0.2, -0.15) is 0 Å². The largest absolute Gasteiger partial charge is 0.504 e. The molecule has 1 aliphatic rings. The van der Waals surface area contributed by atoms with Crippen LogP contribution < -0.4 is 5.73 Å². The van der Waals surface area contributed by atoms with E-state index in [2.05, 4.69) is 0 Å². The average molecular weight is 207 g/mol. The van der Waals surface area contributed by atoms with Crippen molar-refractivity contribution in [2.24, 2.45) is 5.73 Å². The maximum absolute atomic E-state index is 9.44. The predicted molar refractivity (Wildman–Crippen MR) is 58.7 cm³/mol. The van der Waals surface area contributed by atoms with E-state index in [0.717, 1.165) is 31.2 Å². The van der Waals surface area contributed by atoms with Crippen LogP contribution in [0.2, 0.25) is 0 Å². The first-order chi connectivity index (χ1) is 7.12. The van der Waals surface area contributed by atoms with Crippen molar-refractivity contribution in [3.05, 3.63) is 23.8 Å². The van der Waals surface area contributed by atoms with E-state index < -0.39 is 0 Å². The van der Waals surface area contributed by atoms with E-state index >= 15 is 0 Å². The monoisotopic (exact) mass is 207 g/mol. The van der Waals surface area contributed by atoms with Gasteiger partial charge >= 0.3 is 0 Å². The molecule has 15 heavy (non-hydrogen) atoms. The molecule has 1 aliphatic carbocycles. The topological polar surface area (TPSA) is 66.5 Å². The van der Waals surface area contributed by atoms with Crippen molar-refractivity contribution in [2.75, 3.05) is 0 Å². The zero-order valence-electron chi connectivity index (χ0n) is 8.74. The van der Waals surface area contributed by atoms with E-state index in [4.69, 9.17) is 5.73 Å². The Kier molecular flexibility index (Phi) is 2.57. The van der Waals surface area contributed by atoms with Crippen molar-refractivity contribution in [3.8, 4) is 11.5 Å². The highest BCUT2D eigenvalue weighted by molar-refractivity contribution is 5.43. The number of rotatable bonds is 1. The summed E-state index contributed by atoms with van der Waals surface area (Å²) in [4.78, 5) is 0. The van der Waals surface area contributed by atoms with Gasteiger partial charge in [0.1, 0.15) is 0 Å². The fourth-order valence-corrected chi connectivity index (χ4v) is 2.30. The molecule has 0 spiro atoms. The number of benzene rings is 1. The molecule has 1 aromatic carbocycles. The van der Waals surface area contributed by atoms with Crippen LogP contribution in [0.15, 0.2) is 18.2 Å². The molecule has 0 saturated heterocycles. The zero-order chi connectivity index (χ0) is 10.9. The summed E-state index contributed by atoms with van der Waals surface area (Å²) < 4.78 is 0. The maximum atomic E-state index is 9.44. The lowest BCUT2D eigenvalue weighted by atomic mass is 9.77. The van der Waals surface area contributed by atoms with Gasteiger partial charge in [-0.05, 0) is 30.5 Å².